The normalized spacial score (nSPS) is 12.2. The van der Waals surface area contributed by atoms with Crippen LogP contribution in [0.5, 0.6) is 5.75 Å². The second-order valence-corrected chi connectivity index (χ2v) is 8.13. The molecule has 0 bridgehead atoms. The zero-order valence-corrected chi connectivity index (χ0v) is 18.6. The summed E-state index contributed by atoms with van der Waals surface area (Å²) in [4.78, 5) is 13.1. The first kappa shape index (κ1) is 23.4. The highest BCUT2D eigenvalue weighted by Gasteiger charge is 2.31. The molecule has 34 heavy (non-hydrogen) atoms. The summed E-state index contributed by atoms with van der Waals surface area (Å²) in [6, 6.07) is 20.3. The maximum Gasteiger partial charge on any atom is 0.416 e. The Kier molecular flexibility index (Phi) is 6.87. The number of nitrogens with zero attached hydrogens (tertiary/aromatic N) is 2. The van der Waals surface area contributed by atoms with Crippen molar-refractivity contribution in [1.82, 2.24) is 10.2 Å². The van der Waals surface area contributed by atoms with Gasteiger partial charge in [0.05, 0.1) is 12.7 Å². The Labute approximate surface area is 197 Å². The number of aromatic nitrogens is 2. The summed E-state index contributed by atoms with van der Waals surface area (Å²) in [6.45, 7) is 0. The molecule has 0 aliphatic carbocycles. The van der Waals surface area contributed by atoms with Crippen LogP contribution in [0.3, 0.4) is 0 Å². The van der Waals surface area contributed by atoms with E-state index in [1.165, 1.54) is 12.1 Å². The summed E-state index contributed by atoms with van der Waals surface area (Å²) in [5.41, 5.74) is 0.479. The van der Waals surface area contributed by atoms with E-state index in [-0.39, 0.29) is 16.8 Å². The van der Waals surface area contributed by atoms with Gasteiger partial charge in [-0.2, -0.15) is 13.2 Å². The van der Waals surface area contributed by atoms with Crippen LogP contribution in [-0.4, -0.2) is 23.2 Å². The zero-order valence-electron chi connectivity index (χ0n) is 17.7. The van der Waals surface area contributed by atoms with Gasteiger partial charge in [0.2, 0.25) is 11.8 Å². The lowest BCUT2D eigenvalue weighted by molar-refractivity contribution is -0.137. The lowest BCUT2D eigenvalue weighted by Gasteiger charge is -2.16. The van der Waals surface area contributed by atoms with Crippen molar-refractivity contribution in [2.24, 2.45) is 0 Å². The van der Waals surface area contributed by atoms with Crippen molar-refractivity contribution in [1.29, 1.82) is 0 Å². The molecular weight excluding hydrogens is 467 g/mol. The van der Waals surface area contributed by atoms with Crippen LogP contribution >= 0.6 is 11.8 Å². The number of amides is 1. The number of thioether (sulfide) groups is 1. The van der Waals surface area contributed by atoms with Crippen LogP contribution in [0, 0.1) is 0 Å². The van der Waals surface area contributed by atoms with Crippen LogP contribution in [0.1, 0.15) is 16.4 Å². The third-order valence-electron chi connectivity index (χ3n) is 4.76. The van der Waals surface area contributed by atoms with Crippen LogP contribution in [0.25, 0.3) is 11.5 Å². The molecule has 0 radical (unpaired) electrons. The lowest BCUT2D eigenvalue weighted by Crippen LogP contribution is -2.19. The molecule has 0 spiro atoms. The number of halogens is 3. The highest BCUT2D eigenvalue weighted by Crippen LogP contribution is 2.37. The van der Waals surface area contributed by atoms with Crippen molar-refractivity contribution in [3.8, 4) is 17.2 Å². The number of benzene rings is 3. The van der Waals surface area contributed by atoms with E-state index in [9.17, 15) is 18.0 Å². The van der Waals surface area contributed by atoms with E-state index in [4.69, 9.17) is 9.15 Å². The van der Waals surface area contributed by atoms with Crippen LogP contribution in [0.15, 0.2) is 88.5 Å². The number of ether oxygens (including phenoxy) is 1. The number of carbonyl (C=O) groups excluding carboxylic acids is 1. The fourth-order valence-electron chi connectivity index (χ4n) is 3.09. The Bertz CT molecular complexity index is 1260. The van der Waals surface area contributed by atoms with Gasteiger partial charge in [-0.15, -0.1) is 10.2 Å². The third-order valence-corrected chi connectivity index (χ3v) is 5.85. The quantitative estimate of drug-likeness (QED) is 0.313. The summed E-state index contributed by atoms with van der Waals surface area (Å²) >= 11 is 1.00. The fourth-order valence-corrected chi connectivity index (χ4v) is 3.97. The first-order chi connectivity index (χ1) is 16.3. The summed E-state index contributed by atoms with van der Waals surface area (Å²) in [5.74, 6) is 0.406. The second-order valence-electron chi connectivity index (χ2n) is 7.08. The molecule has 1 N–H and O–H groups in total. The van der Waals surface area contributed by atoms with Gasteiger partial charge in [-0.05, 0) is 59.8 Å². The SMILES string of the molecule is COc1ccc(-c2nnc(SC(C(=O)Nc3cccc(C(F)(F)F)c3)c3ccccc3)o2)cc1. The van der Waals surface area contributed by atoms with Gasteiger partial charge in [0, 0.05) is 11.3 Å². The highest BCUT2D eigenvalue weighted by atomic mass is 32.2. The minimum atomic E-state index is -4.52. The smallest absolute Gasteiger partial charge is 0.416 e. The number of anilines is 1. The number of hydrogen-bond donors (Lipinski definition) is 1. The topological polar surface area (TPSA) is 77.2 Å². The van der Waals surface area contributed by atoms with E-state index >= 15 is 0 Å². The van der Waals surface area contributed by atoms with Crippen molar-refractivity contribution in [3.05, 3.63) is 90.0 Å². The highest BCUT2D eigenvalue weighted by molar-refractivity contribution is 8.00. The molecule has 0 aliphatic rings. The maximum absolute atomic E-state index is 13.1. The van der Waals surface area contributed by atoms with Crippen molar-refractivity contribution in [2.75, 3.05) is 12.4 Å². The standard InChI is InChI=1S/C24H18F3N3O3S/c1-32-19-12-10-16(11-13-19)22-29-30-23(33-22)34-20(15-6-3-2-4-7-15)21(31)28-18-9-5-8-17(14-18)24(25,26)27/h2-14,20H,1H3,(H,28,31). The van der Waals surface area contributed by atoms with Gasteiger partial charge in [-0.3, -0.25) is 4.79 Å². The maximum atomic E-state index is 13.1. The third kappa shape index (κ3) is 5.57. The average Bonchev–Trinajstić information content (AvgIpc) is 3.31. The Hall–Kier alpha value is -3.79. The minimum Gasteiger partial charge on any atom is -0.497 e. The number of alkyl halides is 3. The van der Waals surface area contributed by atoms with Crippen molar-refractivity contribution in [2.45, 2.75) is 16.6 Å². The van der Waals surface area contributed by atoms with E-state index in [1.54, 1.807) is 61.7 Å². The first-order valence-electron chi connectivity index (χ1n) is 10.0. The monoisotopic (exact) mass is 485 g/mol. The molecule has 4 rings (SSSR count). The number of hydrogen-bond acceptors (Lipinski definition) is 6. The van der Waals surface area contributed by atoms with Gasteiger partial charge in [-0.1, -0.05) is 36.4 Å². The zero-order chi connectivity index (χ0) is 24.1. The Morgan fingerprint density at radius 1 is 1.00 bits per heavy atom. The fraction of sp³-hybridized carbons (Fsp3) is 0.125. The van der Waals surface area contributed by atoms with E-state index in [1.807, 2.05) is 0 Å². The summed E-state index contributed by atoms with van der Waals surface area (Å²) in [6.07, 6.45) is -4.52. The molecule has 1 aromatic heterocycles. The first-order valence-corrected chi connectivity index (χ1v) is 10.9. The molecule has 0 aliphatic heterocycles. The van der Waals surface area contributed by atoms with Gasteiger partial charge in [-0.25, -0.2) is 0 Å². The van der Waals surface area contributed by atoms with E-state index in [0.29, 0.717) is 16.9 Å². The van der Waals surface area contributed by atoms with Crippen LogP contribution in [0.4, 0.5) is 18.9 Å². The molecular formula is C24H18F3N3O3S. The number of carbonyl (C=O) groups is 1. The van der Waals surface area contributed by atoms with Gasteiger partial charge in [0.25, 0.3) is 5.22 Å². The molecule has 1 unspecified atom stereocenters. The van der Waals surface area contributed by atoms with Crippen molar-refractivity contribution in [3.63, 3.8) is 0 Å². The molecule has 1 atom stereocenters. The van der Waals surface area contributed by atoms with Gasteiger partial charge in [0.1, 0.15) is 11.0 Å². The molecule has 4 aromatic rings. The molecule has 1 amide bonds. The molecule has 3 aromatic carbocycles. The van der Waals surface area contributed by atoms with Crippen LogP contribution in [0.2, 0.25) is 0 Å². The van der Waals surface area contributed by atoms with Crippen LogP contribution < -0.4 is 10.1 Å². The predicted octanol–water partition coefficient (Wildman–Crippen LogP) is 6.24. The minimum absolute atomic E-state index is 0.0332. The van der Waals surface area contributed by atoms with Gasteiger partial charge < -0.3 is 14.5 Å². The largest absolute Gasteiger partial charge is 0.497 e. The molecule has 10 heteroatoms. The van der Waals surface area contributed by atoms with Gasteiger partial charge >= 0.3 is 6.18 Å². The Balaban J connectivity index is 1.57. The number of rotatable bonds is 7. The molecule has 0 fully saturated rings. The van der Waals surface area contributed by atoms with Gasteiger partial charge in [0.15, 0.2) is 0 Å². The molecule has 1 heterocycles. The van der Waals surface area contributed by atoms with E-state index in [2.05, 4.69) is 15.5 Å². The van der Waals surface area contributed by atoms with Crippen molar-refractivity contribution < 1.29 is 27.1 Å². The van der Waals surface area contributed by atoms with E-state index < -0.39 is 22.9 Å². The molecule has 0 saturated carbocycles. The number of nitrogens with one attached hydrogen (secondary N) is 1. The van der Waals surface area contributed by atoms with Crippen LogP contribution in [-0.2, 0) is 11.0 Å². The Morgan fingerprint density at radius 3 is 2.41 bits per heavy atom. The lowest BCUT2D eigenvalue weighted by atomic mass is 10.1. The predicted molar refractivity (Wildman–Crippen MR) is 121 cm³/mol. The summed E-state index contributed by atoms with van der Waals surface area (Å²) in [7, 11) is 1.56. The average molecular weight is 485 g/mol. The van der Waals surface area contributed by atoms with Crippen molar-refractivity contribution >= 4 is 23.4 Å². The molecule has 6 nitrogen and oxygen atoms in total. The Morgan fingerprint density at radius 2 is 1.74 bits per heavy atom. The molecule has 0 saturated heterocycles. The molecule has 174 valence electrons. The summed E-state index contributed by atoms with van der Waals surface area (Å²) in [5, 5.41) is 9.91. The van der Waals surface area contributed by atoms with E-state index in [0.717, 1.165) is 23.9 Å². The summed E-state index contributed by atoms with van der Waals surface area (Å²) < 4.78 is 50.0. The second kappa shape index (κ2) is 10.0. The number of methoxy groups -OCH3 is 1.